The van der Waals surface area contributed by atoms with Crippen LogP contribution in [0.25, 0.3) is 55.3 Å². The van der Waals surface area contributed by atoms with Crippen LogP contribution in [0.4, 0.5) is 0 Å². The van der Waals surface area contributed by atoms with Crippen molar-refractivity contribution in [2.45, 2.75) is 0 Å². The normalized spacial score (nSPS) is 11.3. The highest BCUT2D eigenvalue weighted by molar-refractivity contribution is 6.31. The first kappa shape index (κ1) is 18.9. The molecule has 0 unspecified atom stereocenters. The Kier molecular flexibility index (Phi) is 4.56. The number of hydrogen-bond acceptors (Lipinski definition) is 1. The average molecular weight is 431 g/mol. The summed E-state index contributed by atoms with van der Waals surface area (Å²) in [6.45, 7) is 0. The maximum atomic E-state index is 6.17. The van der Waals surface area contributed by atoms with Gasteiger partial charge in [0.25, 0.3) is 0 Å². The predicted molar refractivity (Wildman–Crippen MR) is 135 cm³/mol. The van der Waals surface area contributed by atoms with Gasteiger partial charge in [-0.1, -0.05) is 96.5 Å². The summed E-state index contributed by atoms with van der Waals surface area (Å²) in [5.41, 5.74) is 8.91. The van der Waals surface area contributed by atoms with E-state index in [2.05, 4.69) is 97.1 Å². The van der Waals surface area contributed by atoms with Crippen LogP contribution >= 0.6 is 11.6 Å². The van der Waals surface area contributed by atoms with Gasteiger partial charge in [0.15, 0.2) is 0 Å². The van der Waals surface area contributed by atoms with Gasteiger partial charge in [-0.2, -0.15) is 0 Å². The lowest BCUT2D eigenvalue weighted by Gasteiger charge is -2.14. The summed E-state index contributed by atoms with van der Waals surface area (Å²) in [5, 5.41) is 2.85. The summed E-state index contributed by atoms with van der Waals surface area (Å²) in [7, 11) is 0. The number of fused-ring (bicyclic) bond motifs is 3. The number of halogens is 1. The Balaban J connectivity index is 1.56. The fourth-order valence-corrected chi connectivity index (χ4v) is 4.64. The lowest BCUT2D eigenvalue weighted by Crippen LogP contribution is -1.88. The van der Waals surface area contributed by atoms with E-state index in [4.69, 9.17) is 16.0 Å². The summed E-state index contributed by atoms with van der Waals surface area (Å²) < 4.78 is 6.03. The van der Waals surface area contributed by atoms with E-state index < -0.39 is 0 Å². The van der Waals surface area contributed by atoms with Crippen molar-refractivity contribution in [3.05, 3.63) is 120 Å². The molecule has 0 aliphatic rings. The van der Waals surface area contributed by atoms with Gasteiger partial charge >= 0.3 is 0 Å². The molecule has 0 saturated heterocycles. The van der Waals surface area contributed by atoms with Crippen LogP contribution in [0.1, 0.15) is 0 Å². The zero-order valence-electron chi connectivity index (χ0n) is 17.3. The van der Waals surface area contributed by atoms with Crippen molar-refractivity contribution in [3.63, 3.8) is 0 Å². The summed E-state index contributed by atoms with van der Waals surface area (Å²) >= 11 is 6.17. The molecular formula is C30H19ClO. The molecule has 0 bridgehead atoms. The molecule has 0 spiro atoms. The van der Waals surface area contributed by atoms with E-state index in [1.807, 2.05) is 18.2 Å². The van der Waals surface area contributed by atoms with Gasteiger partial charge < -0.3 is 4.42 Å². The second kappa shape index (κ2) is 7.71. The molecule has 0 radical (unpaired) electrons. The maximum absolute atomic E-state index is 6.17. The van der Waals surface area contributed by atoms with Crippen LogP contribution in [-0.2, 0) is 0 Å². The lowest BCUT2D eigenvalue weighted by atomic mass is 9.89. The molecule has 32 heavy (non-hydrogen) atoms. The van der Waals surface area contributed by atoms with Crippen LogP contribution in [0.15, 0.2) is 120 Å². The highest BCUT2D eigenvalue weighted by Crippen LogP contribution is 2.40. The highest BCUT2D eigenvalue weighted by Gasteiger charge is 2.14. The van der Waals surface area contributed by atoms with Crippen LogP contribution in [-0.4, -0.2) is 0 Å². The van der Waals surface area contributed by atoms with E-state index in [9.17, 15) is 0 Å². The van der Waals surface area contributed by atoms with Gasteiger partial charge in [-0.3, -0.25) is 0 Å². The van der Waals surface area contributed by atoms with Gasteiger partial charge in [0.05, 0.1) is 0 Å². The molecule has 6 rings (SSSR count). The number of furan rings is 1. The predicted octanol–water partition coefficient (Wildman–Crippen LogP) is 9.24. The van der Waals surface area contributed by atoms with E-state index in [0.29, 0.717) is 5.02 Å². The Bertz CT molecular complexity index is 1580. The minimum Gasteiger partial charge on any atom is -0.456 e. The molecule has 5 aromatic carbocycles. The van der Waals surface area contributed by atoms with Gasteiger partial charge in [-0.25, -0.2) is 0 Å². The van der Waals surface area contributed by atoms with E-state index >= 15 is 0 Å². The third-order valence-electron chi connectivity index (χ3n) is 5.97. The minimum absolute atomic E-state index is 0.680. The summed E-state index contributed by atoms with van der Waals surface area (Å²) in [5.74, 6) is 0. The first-order valence-electron chi connectivity index (χ1n) is 10.6. The SMILES string of the molecule is Clc1ccc2c(c1)oc1ccc(-c3ccccc3-c3ccccc3-c3ccccc3)cc12. The van der Waals surface area contributed by atoms with E-state index in [0.717, 1.165) is 27.5 Å². The van der Waals surface area contributed by atoms with Crippen molar-refractivity contribution in [1.82, 2.24) is 0 Å². The van der Waals surface area contributed by atoms with Crippen molar-refractivity contribution >= 4 is 33.5 Å². The second-order valence-corrected chi connectivity index (χ2v) is 8.35. The molecule has 0 aliphatic heterocycles. The Morgan fingerprint density at radius 2 is 1.06 bits per heavy atom. The molecule has 1 aromatic heterocycles. The molecule has 0 amide bonds. The van der Waals surface area contributed by atoms with Crippen LogP contribution in [0.5, 0.6) is 0 Å². The molecular weight excluding hydrogens is 412 g/mol. The third-order valence-corrected chi connectivity index (χ3v) is 6.21. The minimum atomic E-state index is 0.680. The van der Waals surface area contributed by atoms with Gasteiger partial charge in [0.2, 0.25) is 0 Å². The highest BCUT2D eigenvalue weighted by atomic mass is 35.5. The smallest absolute Gasteiger partial charge is 0.136 e. The molecule has 0 atom stereocenters. The molecule has 1 heterocycles. The molecule has 0 fully saturated rings. The van der Waals surface area contributed by atoms with Gasteiger partial charge in [-0.05, 0) is 57.6 Å². The third kappa shape index (κ3) is 3.19. The first-order chi connectivity index (χ1) is 15.8. The molecule has 1 nitrogen and oxygen atoms in total. The number of benzene rings is 5. The van der Waals surface area contributed by atoms with Crippen LogP contribution in [0.3, 0.4) is 0 Å². The van der Waals surface area contributed by atoms with E-state index in [1.165, 1.54) is 27.8 Å². The van der Waals surface area contributed by atoms with Crippen molar-refractivity contribution in [1.29, 1.82) is 0 Å². The van der Waals surface area contributed by atoms with Crippen molar-refractivity contribution in [2.75, 3.05) is 0 Å². The van der Waals surface area contributed by atoms with Gasteiger partial charge in [0, 0.05) is 21.9 Å². The van der Waals surface area contributed by atoms with E-state index in [1.54, 1.807) is 0 Å². The van der Waals surface area contributed by atoms with Gasteiger partial charge in [-0.15, -0.1) is 0 Å². The standard InChI is InChI=1S/C30H19ClO/c31-22-15-16-27-28-18-21(14-17-29(28)32-30(27)19-22)24-11-5-7-13-26(24)25-12-6-4-10-23(25)20-8-2-1-3-9-20/h1-19H. The maximum Gasteiger partial charge on any atom is 0.136 e. The van der Waals surface area contributed by atoms with Crippen LogP contribution in [0.2, 0.25) is 5.02 Å². The summed E-state index contributed by atoms with van der Waals surface area (Å²) in [6.07, 6.45) is 0. The monoisotopic (exact) mass is 430 g/mol. The van der Waals surface area contributed by atoms with Crippen LogP contribution in [0, 0.1) is 0 Å². The molecule has 2 heteroatoms. The molecule has 0 saturated carbocycles. The fraction of sp³-hybridized carbons (Fsp3) is 0. The Hall–Kier alpha value is -3.81. The Morgan fingerprint density at radius 1 is 0.438 bits per heavy atom. The summed E-state index contributed by atoms with van der Waals surface area (Å²) in [4.78, 5) is 0. The molecule has 0 N–H and O–H groups in total. The molecule has 152 valence electrons. The zero-order valence-corrected chi connectivity index (χ0v) is 18.0. The topological polar surface area (TPSA) is 13.1 Å². The molecule has 0 aliphatic carbocycles. The number of hydrogen-bond donors (Lipinski definition) is 0. The summed E-state index contributed by atoms with van der Waals surface area (Å²) in [6, 6.07) is 40.0. The van der Waals surface area contributed by atoms with E-state index in [-0.39, 0.29) is 0 Å². The molecule has 6 aromatic rings. The average Bonchev–Trinajstić information content (AvgIpc) is 3.21. The zero-order chi connectivity index (χ0) is 21.5. The fourth-order valence-electron chi connectivity index (χ4n) is 4.48. The van der Waals surface area contributed by atoms with Crippen molar-refractivity contribution in [2.24, 2.45) is 0 Å². The van der Waals surface area contributed by atoms with Crippen molar-refractivity contribution < 1.29 is 4.42 Å². The lowest BCUT2D eigenvalue weighted by molar-refractivity contribution is 0.669. The van der Waals surface area contributed by atoms with Crippen LogP contribution < -0.4 is 0 Å². The Labute approximate surface area is 191 Å². The Morgan fingerprint density at radius 3 is 1.78 bits per heavy atom. The van der Waals surface area contributed by atoms with Gasteiger partial charge in [0.1, 0.15) is 11.2 Å². The second-order valence-electron chi connectivity index (χ2n) is 7.91. The quantitative estimate of drug-likeness (QED) is 0.272. The first-order valence-corrected chi connectivity index (χ1v) is 11.0. The van der Waals surface area contributed by atoms with Crippen molar-refractivity contribution in [3.8, 4) is 33.4 Å². The largest absolute Gasteiger partial charge is 0.456 e. The number of rotatable bonds is 3.